The zero-order valence-corrected chi connectivity index (χ0v) is 15.9. The summed E-state index contributed by atoms with van der Waals surface area (Å²) in [4.78, 5) is 28.3. The fourth-order valence-electron chi connectivity index (χ4n) is 2.07. The number of hydrogen-bond acceptors (Lipinski definition) is 5. The second-order valence-corrected chi connectivity index (χ2v) is 6.48. The van der Waals surface area contributed by atoms with Crippen molar-refractivity contribution in [2.75, 3.05) is 12.4 Å². The van der Waals surface area contributed by atoms with E-state index in [-0.39, 0.29) is 16.4 Å². The largest absolute Gasteiger partial charge is 0.466 e. The molecule has 0 spiro atoms. The summed E-state index contributed by atoms with van der Waals surface area (Å²) in [5, 5.41) is 3.49. The van der Waals surface area contributed by atoms with Gasteiger partial charge in [-0.1, -0.05) is 23.7 Å². The lowest BCUT2D eigenvalue weighted by atomic mass is 10.1. The van der Waals surface area contributed by atoms with Gasteiger partial charge in [0.25, 0.3) is 5.91 Å². The number of aromatic nitrogens is 1. The Morgan fingerprint density at radius 1 is 1.19 bits per heavy atom. The highest BCUT2D eigenvalue weighted by molar-refractivity contribution is 9.10. The molecule has 0 saturated heterocycles. The first-order valence-corrected chi connectivity index (χ1v) is 8.40. The van der Waals surface area contributed by atoms with Gasteiger partial charge in [-0.15, -0.1) is 0 Å². The predicted molar refractivity (Wildman–Crippen MR) is 95.3 cm³/mol. The summed E-state index contributed by atoms with van der Waals surface area (Å²) in [6.45, 7) is 0. The van der Waals surface area contributed by atoms with Crippen LogP contribution in [-0.4, -0.2) is 35.8 Å². The zero-order chi connectivity index (χ0) is 20.2. The van der Waals surface area contributed by atoms with Gasteiger partial charge < -0.3 is 15.4 Å². The summed E-state index contributed by atoms with van der Waals surface area (Å²) in [6.07, 6.45) is -4.05. The molecule has 2 N–H and O–H groups in total. The van der Waals surface area contributed by atoms with Gasteiger partial charge in [-0.3, -0.25) is 4.79 Å². The Bertz CT molecular complexity index is 849. The number of anilines is 1. The molecule has 1 heterocycles. The molecule has 1 atom stereocenters. The minimum Gasteiger partial charge on any atom is -0.466 e. The third-order valence-electron chi connectivity index (χ3n) is 3.38. The molecule has 0 aliphatic heterocycles. The van der Waals surface area contributed by atoms with E-state index >= 15 is 0 Å². The summed E-state index contributed by atoms with van der Waals surface area (Å²) >= 11 is 8.95. The molecule has 0 unspecified atom stereocenters. The van der Waals surface area contributed by atoms with Gasteiger partial charge in [-0.2, -0.15) is 13.2 Å². The lowest BCUT2D eigenvalue weighted by molar-refractivity contribution is -0.203. The highest BCUT2D eigenvalue weighted by atomic mass is 79.9. The minimum absolute atomic E-state index is 0.0855. The van der Waals surface area contributed by atoms with Crippen LogP contribution in [-0.2, 0) is 9.53 Å². The van der Waals surface area contributed by atoms with E-state index in [2.05, 4.69) is 25.7 Å². The maximum atomic E-state index is 13.9. The number of rotatable bonds is 5. The molecule has 0 fully saturated rings. The van der Waals surface area contributed by atoms with Crippen LogP contribution in [0.2, 0.25) is 5.02 Å². The van der Waals surface area contributed by atoms with Crippen LogP contribution in [0.3, 0.4) is 0 Å². The molecule has 0 saturated carbocycles. The quantitative estimate of drug-likeness (QED) is 0.518. The van der Waals surface area contributed by atoms with E-state index in [1.165, 1.54) is 42.6 Å². The molecular formula is C16H12BrClF3N3O3. The highest BCUT2D eigenvalue weighted by Gasteiger charge is 2.63. The Morgan fingerprint density at radius 2 is 1.85 bits per heavy atom. The van der Waals surface area contributed by atoms with Crippen LogP contribution in [0, 0.1) is 0 Å². The van der Waals surface area contributed by atoms with Gasteiger partial charge in [-0.25, -0.2) is 9.78 Å². The van der Waals surface area contributed by atoms with E-state index in [0.717, 1.165) is 7.11 Å². The number of benzene rings is 1. The standard InChI is InChI=1S/C16H12BrClF3N3O3/c1-27-14(26)15(16(19,20)21,23-12-7-6-9(17)8-22-12)24-13(25)10-4-2-3-5-11(10)18/h2-8H,1H3,(H,22,23)(H,24,25)/t15-/m0/s1. The Hall–Kier alpha value is -2.33. The number of nitrogens with zero attached hydrogens (tertiary/aromatic N) is 1. The number of hydrogen-bond donors (Lipinski definition) is 2. The van der Waals surface area contributed by atoms with Crippen LogP contribution in [0.5, 0.6) is 0 Å². The van der Waals surface area contributed by atoms with Crippen molar-refractivity contribution in [3.05, 3.63) is 57.7 Å². The number of methoxy groups -OCH3 is 1. The van der Waals surface area contributed by atoms with Crippen molar-refractivity contribution < 1.29 is 27.5 Å². The highest BCUT2D eigenvalue weighted by Crippen LogP contribution is 2.33. The van der Waals surface area contributed by atoms with Gasteiger partial charge in [0.15, 0.2) is 0 Å². The molecule has 6 nitrogen and oxygen atoms in total. The lowest BCUT2D eigenvalue weighted by Gasteiger charge is -2.34. The van der Waals surface area contributed by atoms with E-state index in [9.17, 15) is 22.8 Å². The molecule has 144 valence electrons. The maximum absolute atomic E-state index is 13.9. The van der Waals surface area contributed by atoms with Crippen LogP contribution >= 0.6 is 27.5 Å². The molecule has 11 heteroatoms. The van der Waals surface area contributed by atoms with Gasteiger partial charge in [0.1, 0.15) is 5.82 Å². The average molecular weight is 467 g/mol. The van der Waals surface area contributed by atoms with E-state index < -0.39 is 23.7 Å². The third kappa shape index (κ3) is 4.51. The van der Waals surface area contributed by atoms with E-state index in [1.54, 1.807) is 5.32 Å². The second kappa shape index (κ2) is 8.13. The van der Waals surface area contributed by atoms with Crippen molar-refractivity contribution in [2.45, 2.75) is 11.8 Å². The Labute approximate surface area is 165 Å². The number of ether oxygens (including phenoxy) is 1. The first kappa shape index (κ1) is 21.0. The number of halogens is 5. The summed E-state index contributed by atoms with van der Waals surface area (Å²) < 4.78 is 46.5. The SMILES string of the molecule is COC(=O)[C@@](NC(=O)c1ccccc1Cl)(Nc1ccc(Br)cn1)C(F)(F)F. The molecule has 0 aliphatic carbocycles. The number of nitrogens with one attached hydrogen (secondary N) is 2. The molecule has 2 rings (SSSR count). The average Bonchev–Trinajstić information content (AvgIpc) is 2.61. The fourth-order valence-corrected chi connectivity index (χ4v) is 2.52. The zero-order valence-electron chi connectivity index (χ0n) is 13.6. The Morgan fingerprint density at radius 3 is 2.37 bits per heavy atom. The summed E-state index contributed by atoms with van der Waals surface area (Å²) in [5.41, 5.74) is -3.83. The van der Waals surface area contributed by atoms with Gasteiger partial charge in [-0.05, 0) is 40.2 Å². The van der Waals surface area contributed by atoms with E-state index in [4.69, 9.17) is 11.6 Å². The third-order valence-corrected chi connectivity index (χ3v) is 4.18. The lowest BCUT2D eigenvalue weighted by Crippen LogP contribution is -2.69. The van der Waals surface area contributed by atoms with Crippen molar-refractivity contribution in [2.24, 2.45) is 0 Å². The molecule has 1 amide bonds. The molecule has 1 aromatic heterocycles. The normalized spacial score (nSPS) is 13.4. The van der Waals surface area contributed by atoms with Crippen molar-refractivity contribution in [3.63, 3.8) is 0 Å². The van der Waals surface area contributed by atoms with Crippen molar-refractivity contribution >= 4 is 45.2 Å². The monoisotopic (exact) mass is 465 g/mol. The van der Waals surface area contributed by atoms with Gasteiger partial charge in [0.05, 0.1) is 17.7 Å². The summed E-state index contributed by atoms with van der Waals surface area (Å²) in [7, 11) is 0.765. The number of carbonyl (C=O) groups is 2. The van der Waals surface area contributed by atoms with Crippen molar-refractivity contribution in [1.29, 1.82) is 0 Å². The molecule has 0 bridgehead atoms. The van der Waals surface area contributed by atoms with Crippen LogP contribution < -0.4 is 10.6 Å². The topological polar surface area (TPSA) is 80.3 Å². The van der Waals surface area contributed by atoms with Crippen LogP contribution in [0.25, 0.3) is 0 Å². The fraction of sp³-hybridized carbons (Fsp3) is 0.188. The van der Waals surface area contributed by atoms with Crippen LogP contribution in [0.1, 0.15) is 10.4 Å². The first-order chi connectivity index (χ1) is 12.6. The van der Waals surface area contributed by atoms with Crippen LogP contribution in [0.15, 0.2) is 47.1 Å². The summed E-state index contributed by atoms with van der Waals surface area (Å²) in [6, 6.07) is 8.05. The minimum atomic E-state index is -5.27. The maximum Gasteiger partial charge on any atom is 0.441 e. The molecule has 1 aromatic carbocycles. The van der Waals surface area contributed by atoms with Crippen molar-refractivity contribution in [3.8, 4) is 0 Å². The van der Waals surface area contributed by atoms with E-state index in [1.807, 2.05) is 5.32 Å². The van der Waals surface area contributed by atoms with Gasteiger partial charge in [0, 0.05) is 10.7 Å². The Kier molecular flexibility index (Phi) is 6.32. The number of esters is 1. The molecule has 0 radical (unpaired) electrons. The van der Waals surface area contributed by atoms with E-state index in [0.29, 0.717) is 4.47 Å². The Balaban J connectivity index is 2.50. The molecule has 27 heavy (non-hydrogen) atoms. The molecule has 0 aliphatic rings. The number of carbonyl (C=O) groups excluding carboxylic acids is 2. The predicted octanol–water partition coefficient (Wildman–Crippen LogP) is 3.77. The van der Waals surface area contributed by atoms with Crippen LogP contribution in [0.4, 0.5) is 19.0 Å². The summed E-state index contributed by atoms with van der Waals surface area (Å²) in [5.74, 6) is -3.33. The number of pyridine rings is 1. The molecular weight excluding hydrogens is 455 g/mol. The molecule has 2 aromatic rings. The first-order valence-electron chi connectivity index (χ1n) is 7.22. The number of amides is 1. The van der Waals surface area contributed by atoms with Gasteiger partial charge >= 0.3 is 17.8 Å². The van der Waals surface area contributed by atoms with Gasteiger partial charge in [0.2, 0.25) is 0 Å². The smallest absolute Gasteiger partial charge is 0.441 e. The second-order valence-electron chi connectivity index (χ2n) is 5.16. The number of alkyl halides is 3. The van der Waals surface area contributed by atoms with Crippen molar-refractivity contribution in [1.82, 2.24) is 10.3 Å².